The molecule has 0 fully saturated rings. The lowest BCUT2D eigenvalue weighted by Gasteiger charge is -2.05. The highest BCUT2D eigenvalue weighted by Crippen LogP contribution is 2.19. The van der Waals surface area contributed by atoms with E-state index in [0.717, 1.165) is 29.6 Å². The van der Waals surface area contributed by atoms with E-state index in [1.54, 1.807) is 4.57 Å². The lowest BCUT2D eigenvalue weighted by atomic mass is 10.1. The number of nitrogens with zero attached hydrogens (tertiary/aromatic N) is 2. The first-order valence-electron chi connectivity index (χ1n) is 10.7. The van der Waals surface area contributed by atoms with Crippen LogP contribution in [0.2, 0.25) is 0 Å². The molecule has 0 atom stereocenters. The maximum absolute atomic E-state index is 12.3. The zero-order valence-electron chi connectivity index (χ0n) is 17.2. The van der Waals surface area contributed by atoms with Crippen LogP contribution >= 0.6 is 0 Å². The molecule has 150 valence electrons. The molecule has 0 unspecified atom stereocenters. The van der Waals surface area contributed by atoms with Gasteiger partial charge in [-0.2, -0.15) is 4.98 Å². The maximum Gasteiger partial charge on any atom is 0.351 e. The third-order valence-electron chi connectivity index (χ3n) is 5.28. The first kappa shape index (κ1) is 20.4. The molecule has 0 saturated heterocycles. The standard InChI is InChI=1S/C24H32N2O2/c1-3-4-5-6-7-8-9-10-11-22-16-21-18-26(24(27)25-23(21)28-22)17-20-14-12-19(2)13-15-20/h12-16,18H,3-11,17H2,1-2H3. The van der Waals surface area contributed by atoms with Crippen LogP contribution in [0.4, 0.5) is 0 Å². The number of hydrogen-bond donors (Lipinski definition) is 0. The summed E-state index contributed by atoms with van der Waals surface area (Å²) < 4.78 is 7.46. The minimum Gasteiger partial charge on any atom is -0.443 e. The molecule has 0 bridgehead atoms. The van der Waals surface area contributed by atoms with E-state index in [1.165, 1.54) is 50.5 Å². The number of rotatable bonds is 11. The van der Waals surface area contributed by atoms with Gasteiger partial charge in [0.25, 0.3) is 0 Å². The normalized spacial score (nSPS) is 11.4. The first-order valence-corrected chi connectivity index (χ1v) is 10.7. The summed E-state index contributed by atoms with van der Waals surface area (Å²) in [5.74, 6) is 0.931. The third kappa shape index (κ3) is 5.82. The van der Waals surface area contributed by atoms with Gasteiger partial charge in [0.2, 0.25) is 5.71 Å². The molecule has 2 aromatic heterocycles. The average molecular weight is 381 g/mol. The Balaban J connectivity index is 1.54. The molecule has 4 heteroatoms. The Labute approximate surface area is 167 Å². The molecule has 0 aliphatic carbocycles. The minimum atomic E-state index is -0.263. The van der Waals surface area contributed by atoms with Gasteiger partial charge in [-0.1, -0.05) is 81.7 Å². The molecule has 28 heavy (non-hydrogen) atoms. The predicted molar refractivity (Wildman–Crippen MR) is 115 cm³/mol. The largest absolute Gasteiger partial charge is 0.443 e. The smallest absolute Gasteiger partial charge is 0.351 e. The molecule has 1 aromatic carbocycles. The van der Waals surface area contributed by atoms with E-state index in [2.05, 4.69) is 43.1 Å². The molecule has 0 aliphatic rings. The Morgan fingerprint density at radius 2 is 1.64 bits per heavy atom. The second-order valence-corrected chi connectivity index (χ2v) is 7.84. The fourth-order valence-electron chi connectivity index (χ4n) is 3.56. The van der Waals surface area contributed by atoms with Gasteiger partial charge in [-0.05, 0) is 25.0 Å². The Bertz CT molecular complexity index is 922. The van der Waals surface area contributed by atoms with E-state index in [9.17, 15) is 4.79 Å². The number of fused-ring (bicyclic) bond motifs is 1. The van der Waals surface area contributed by atoms with Crippen molar-refractivity contribution >= 4 is 11.1 Å². The molecule has 0 aliphatic heterocycles. The van der Waals surface area contributed by atoms with Crippen LogP contribution < -0.4 is 5.69 Å². The topological polar surface area (TPSA) is 48.0 Å². The van der Waals surface area contributed by atoms with Gasteiger partial charge in [0.15, 0.2) is 0 Å². The zero-order chi connectivity index (χ0) is 19.8. The van der Waals surface area contributed by atoms with Crippen LogP contribution in [0.15, 0.2) is 45.7 Å². The summed E-state index contributed by atoms with van der Waals surface area (Å²) in [7, 11) is 0. The molecule has 0 spiro atoms. The van der Waals surface area contributed by atoms with Crippen LogP contribution in [0.25, 0.3) is 11.1 Å². The van der Waals surface area contributed by atoms with E-state index in [1.807, 2.05) is 12.3 Å². The second-order valence-electron chi connectivity index (χ2n) is 7.84. The molecular formula is C24H32N2O2. The molecular weight excluding hydrogens is 348 g/mol. The van der Waals surface area contributed by atoms with E-state index in [4.69, 9.17) is 4.42 Å². The van der Waals surface area contributed by atoms with E-state index < -0.39 is 0 Å². The number of furan rings is 1. The first-order chi connectivity index (χ1) is 13.7. The Hall–Kier alpha value is -2.36. The van der Waals surface area contributed by atoms with Crippen molar-refractivity contribution in [3.8, 4) is 0 Å². The summed E-state index contributed by atoms with van der Waals surface area (Å²) in [4.78, 5) is 16.4. The Morgan fingerprint density at radius 3 is 2.36 bits per heavy atom. The van der Waals surface area contributed by atoms with Gasteiger partial charge in [-0.15, -0.1) is 0 Å². The highest BCUT2D eigenvalue weighted by atomic mass is 16.3. The summed E-state index contributed by atoms with van der Waals surface area (Å²) in [6, 6.07) is 10.3. The quantitative estimate of drug-likeness (QED) is 0.382. The van der Waals surface area contributed by atoms with Crippen LogP contribution in [0.3, 0.4) is 0 Å². The lowest BCUT2D eigenvalue weighted by molar-refractivity contribution is 0.510. The van der Waals surface area contributed by atoms with Gasteiger partial charge >= 0.3 is 5.69 Å². The van der Waals surface area contributed by atoms with Crippen molar-refractivity contribution in [3.63, 3.8) is 0 Å². The predicted octanol–water partition coefficient (Wildman–Crippen LogP) is 6.03. The highest BCUT2D eigenvalue weighted by molar-refractivity contribution is 5.72. The SMILES string of the molecule is CCCCCCCCCCc1cc2cn(Cc3ccc(C)cc3)c(=O)nc2o1. The lowest BCUT2D eigenvalue weighted by Crippen LogP contribution is -2.22. The van der Waals surface area contributed by atoms with E-state index >= 15 is 0 Å². The van der Waals surface area contributed by atoms with E-state index in [0.29, 0.717) is 12.3 Å². The fraction of sp³-hybridized carbons (Fsp3) is 0.500. The van der Waals surface area contributed by atoms with E-state index in [-0.39, 0.29) is 5.69 Å². The monoisotopic (exact) mass is 380 g/mol. The van der Waals surface area contributed by atoms with Gasteiger partial charge in [-0.3, -0.25) is 4.57 Å². The number of aryl methyl sites for hydroxylation is 2. The Kier molecular flexibility index (Phi) is 7.46. The number of unbranched alkanes of at least 4 members (excludes halogenated alkanes) is 7. The van der Waals surface area contributed by atoms with Crippen LogP contribution in [0.1, 0.15) is 75.2 Å². The molecule has 3 aromatic rings. The fourth-order valence-corrected chi connectivity index (χ4v) is 3.56. The molecule has 0 amide bonds. The van der Waals surface area contributed by atoms with Crippen molar-refractivity contribution in [1.29, 1.82) is 0 Å². The molecule has 0 saturated carbocycles. The summed E-state index contributed by atoms with van der Waals surface area (Å²) in [5, 5.41) is 0.904. The van der Waals surface area contributed by atoms with Gasteiger partial charge in [-0.25, -0.2) is 4.79 Å². The van der Waals surface area contributed by atoms with Crippen molar-refractivity contribution < 1.29 is 4.42 Å². The molecule has 4 nitrogen and oxygen atoms in total. The zero-order valence-corrected chi connectivity index (χ0v) is 17.2. The molecule has 2 heterocycles. The summed E-state index contributed by atoms with van der Waals surface area (Å²) in [6.45, 7) is 4.84. The second kappa shape index (κ2) is 10.3. The Morgan fingerprint density at radius 1 is 0.964 bits per heavy atom. The number of benzene rings is 1. The van der Waals surface area contributed by atoms with Crippen LogP contribution in [0.5, 0.6) is 0 Å². The van der Waals surface area contributed by atoms with Gasteiger partial charge in [0, 0.05) is 12.6 Å². The van der Waals surface area contributed by atoms with Crippen molar-refractivity contribution in [2.24, 2.45) is 0 Å². The average Bonchev–Trinajstić information content (AvgIpc) is 3.07. The molecule has 3 rings (SSSR count). The van der Waals surface area contributed by atoms with Crippen LogP contribution in [0, 0.1) is 6.92 Å². The molecule has 0 N–H and O–H groups in total. The van der Waals surface area contributed by atoms with Crippen molar-refractivity contribution in [3.05, 3.63) is 63.9 Å². The maximum atomic E-state index is 12.3. The van der Waals surface area contributed by atoms with Crippen molar-refractivity contribution in [1.82, 2.24) is 9.55 Å². The summed E-state index contributed by atoms with van der Waals surface area (Å²) >= 11 is 0. The highest BCUT2D eigenvalue weighted by Gasteiger charge is 2.09. The number of hydrogen-bond acceptors (Lipinski definition) is 3. The van der Waals surface area contributed by atoms with Gasteiger partial charge in [0.1, 0.15) is 5.76 Å². The number of aromatic nitrogens is 2. The van der Waals surface area contributed by atoms with Gasteiger partial charge in [0.05, 0.1) is 11.9 Å². The van der Waals surface area contributed by atoms with Crippen LogP contribution in [-0.2, 0) is 13.0 Å². The third-order valence-corrected chi connectivity index (χ3v) is 5.28. The van der Waals surface area contributed by atoms with Crippen LogP contribution in [-0.4, -0.2) is 9.55 Å². The molecule has 0 radical (unpaired) electrons. The summed E-state index contributed by atoms with van der Waals surface area (Å²) in [5.41, 5.74) is 2.50. The van der Waals surface area contributed by atoms with Gasteiger partial charge < -0.3 is 4.42 Å². The van der Waals surface area contributed by atoms with Crippen molar-refractivity contribution in [2.75, 3.05) is 0 Å². The minimum absolute atomic E-state index is 0.263. The summed E-state index contributed by atoms with van der Waals surface area (Å²) in [6.07, 6.45) is 13.2. The van der Waals surface area contributed by atoms with Crippen molar-refractivity contribution in [2.45, 2.75) is 78.2 Å².